The molecule has 0 spiro atoms. The fourth-order valence-corrected chi connectivity index (χ4v) is 2.54. The van der Waals surface area contributed by atoms with E-state index in [1.54, 1.807) is 6.26 Å². The Bertz CT molecular complexity index is 517. The molecule has 0 saturated heterocycles. The summed E-state index contributed by atoms with van der Waals surface area (Å²) in [6.45, 7) is 10.3. The average molecular weight is 243 g/mol. The fraction of sp³-hybridized carbons (Fsp3) is 0.375. The lowest BCUT2D eigenvalue weighted by Gasteiger charge is -2.11. The maximum Gasteiger partial charge on any atom is 0.125 e. The van der Waals surface area contributed by atoms with E-state index in [0.717, 1.165) is 18.8 Å². The van der Waals surface area contributed by atoms with Gasteiger partial charge in [0.25, 0.3) is 0 Å². The number of hydrogen-bond acceptors (Lipinski definition) is 2. The average Bonchev–Trinajstić information content (AvgIpc) is 2.73. The Balaban J connectivity index is 2.46. The van der Waals surface area contributed by atoms with Crippen LogP contribution >= 0.6 is 0 Å². The molecule has 0 radical (unpaired) electrons. The highest BCUT2D eigenvalue weighted by molar-refractivity contribution is 5.72. The first-order valence-corrected chi connectivity index (χ1v) is 6.48. The number of hydrogen-bond donors (Lipinski definition) is 1. The lowest BCUT2D eigenvalue weighted by molar-refractivity contribution is 0.489. The van der Waals surface area contributed by atoms with Crippen LogP contribution in [0.15, 0.2) is 28.9 Å². The molecule has 0 bridgehead atoms. The monoisotopic (exact) mass is 243 g/mol. The molecule has 2 heteroatoms. The van der Waals surface area contributed by atoms with Crippen molar-refractivity contribution in [3.63, 3.8) is 0 Å². The predicted octanol–water partition coefficient (Wildman–Crippen LogP) is 3.98. The second-order valence-corrected chi connectivity index (χ2v) is 4.81. The van der Waals surface area contributed by atoms with Crippen LogP contribution in [0.25, 0.3) is 11.1 Å². The summed E-state index contributed by atoms with van der Waals surface area (Å²) in [6.07, 6.45) is 1.78. The summed E-state index contributed by atoms with van der Waals surface area (Å²) in [5.41, 5.74) is 6.46. The van der Waals surface area contributed by atoms with Gasteiger partial charge in [-0.2, -0.15) is 0 Å². The highest BCUT2D eigenvalue weighted by Crippen LogP contribution is 2.31. The van der Waals surface area contributed by atoms with Crippen molar-refractivity contribution < 1.29 is 4.42 Å². The first-order valence-electron chi connectivity index (χ1n) is 6.48. The SMILES string of the molecule is CCNCc1occc1-c1c(C)cc(C)cc1C. The minimum absolute atomic E-state index is 0.783. The van der Waals surface area contributed by atoms with Gasteiger partial charge in [-0.1, -0.05) is 24.6 Å². The molecule has 0 aliphatic carbocycles. The Morgan fingerprint density at radius 2 is 1.78 bits per heavy atom. The van der Waals surface area contributed by atoms with Gasteiger partial charge in [0, 0.05) is 5.56 Å². The third kappa shape index (κ3) is 2.49. The van der Waals surface area contributed by atoms with Gasteiger partial charge in [0.2, 0.25) is 0 Å². The number of aryl methyl sites for hydroxylation is 3. The molecular weight excluding hydrogens is 222 g/mol. The van der Waals surface area contributed by atoms with Crippen LogP contribution in [0.2, 0.25) is 0 Å². The van der Waals surface area contributed by atoms with Crippen molar-refractivity contribution >= 4 is 0 Å². The van der Waals surface area contributed by atoms with E-state index in [1.807, 2.05) is 0 Å². The van der Waals surface area contributed by atoms with Crippen molar-refractivity contribution in [3.8, 4) is 11.1 Å². The van der Waals surface area contributed by atoms with Crippen molar-refractivity contribution in [2.45, 2.75) is 34.2 Å². The van der Waals surface area contributed by atoms with Gasteiger partial charge < -0.3 is 9.73 Å². The zero-order chi connectivity index (χ0) is 13.1. The molecule has 0 fully saturated rings. The molecule has 2 nitrogen and oxygen atoms in total. The van der Waals surface area contributed by atoms with Gasteiger partial charge in [-0.3, -0.25) is 0 Å². The summed E-state index contributed by atoms with van der Waals surface area (Å²) in [5, 5.41) is 3.32. The zero-order valence-electron chi connectivity index (χ0n) is 11.6. The summed E-state index contributed by atoms with van der Waals surface area (Å²) in [7, 11) is 0. The van der Waals surface area contributed by atoms with Gasteiger partial charge >= 0.3 is 0 Å². The van der Waals surface area contributed by atoms with E-state index in [0.29, 0.717) is 0 Å². The van der Waals surface area contributed by atoms with Crippen molar-refractivity contribution in [1.82, 2.24) is 5.32 Å². The Morgan fingerprint density at radius 3 is 2.39 bits per heavy atom. The van der Waals surface area contributed by atoms with E-state index in [9.17, 15) is 0 Å². The second kappa shape index (κ2) is 5.40. The largest absolute Gasteiger partial charge is 0.467 e. The maximum atomic E-state index is 5.60. The van der Waals surface area contributed by atoms with E-state index in [4.69, 9.17) is 4.42 Å². The Kier molecular flexibility index (Phi) is 3.87. The maximum absolute atomic E-state index is 5.60. The molecule has 1 aromatic carbocycles. The number of rotatable bonds is 4. The minimum atomic E-state index is 0.783. The van der Waals surface area contributed by atoms with Gasteiger partial charge in [-0.25, -0.2) is 0 Å². The van der Waals surface area contributed by atoms with Crippen LogP contribution in [-0.2, 0) is 6.54 Å². The van der Waals surface area contributed by atoms with Crippen LogP contribution in [0, 0.1) is 20.8 Å². The highest BCUT2D eigenvalue weighted by atomic mass is 16.3. The molecule has 0 aliphatic rings. The third-order valence-corrected chi connectivity index (χ3v) is 3.23. The van der Waals surface area contributed by atoms with Crippen LogP contribution in [0.3, 0.4) is 0 Å². The zero-order valence-corrected chi connectivity index (χ0v) is 11.6. The minimum Gasteiger partial charge on any atom is -0.467 e. The van der Waals surface area contributed by atoms with Gasteiger partial charge in [0.15, 0.2) is 0 Å². The normalized spacial score (nSPS) is 10.9. The quantitative estimate of drug-likeness (QED) is 0.878. The Morgan fingerprint density at radius 1 is 1.11 bits per heavy atom. The van der Waals surface area contributed by atoms with Crippen molar-refractivity contribution in [2.24, 2.45) is 0 Å². The van der Waals surface area contributed by atoms with Crippen molar-refractivity contribution in [3.05, 3.63) is 46.9 Å². The van der Waals surface area contributed by atoms with Crippen LogP contribution in [0.5, 0.6) is 0 Å². The van der Waals surface area contributed by atoms with E-state index in [1.165, 1.54) is 27.8 Å². The lowest BCUT2D eigenvalue weighted by Crippen LogP contribution is -2.11. The number of benzene rings is 1. The molecular formula is C16H21NO. The molecule has 2 aromatic rings. The topological polar surface area (TPSA) is 25.2 Å². The van der Waals surface area contributed by atoms with Gasteiger partial charge in [0.05, 0.1) is 12.8 Å². The van der Waals surface area contributed by atoms with E-state index in [-0.39, 0.29) is 0 Å². The van der Waals surface area contributed by atoms with Crippen LogP contribution < -0.4 is 5.32 Å². The lowest BCUT2D eigenvalue weighted by atomic mass is 9.94. The smallest absolute Gasteiger partial charge is 0.125 e. The Hall–Kier alpha value is -1.54. The summed E-state index contributed by atoms with van der Waals surface area (Å²) in [4.78, 5) is 0. The molecule has 0 atom stereocenters. The van der Waals surface area contributed by atoms with Gasteiger partial charge in [-0.15, -0.1) is 0 Å². The third-order valence-electron chi connectivity index (χ3n) is 3.23. The fourth-order valence-electron chi connectivity index (χ4n) is 2.54. The molecule has 2 rings (SSSR count). The van der Waals surface area contributed by atoms with Gasteiger partial charge in [-0.05, 0) is 50.1 Å². The van der Waals surface area contributed by atoms with Crippen LogP contribution in [-0.4, -0.2) is 6.54 Å². The molecule has 0 saturated carbocycles. The van der Waals surface area contributed by atoms with E-state index < -0.39 is 0 Å². The van der Waals surface area contributed by atoms with Crippen molar-refractivity contribution in [1.29, 1.82) is 0 Å². The molecule has 0 amide bonds. The molecule has 18 heavy (non-hydrogen) atoms. The number of furan rings is 1. The molecule has 1 heterocycles. The molecule has 1 N–H and O–H groups in total. The van der Waals surface area contributed by atoms with Crippen molar-refractivity contribution in [2.75, 3.05) is 6.54 Å². The Labute approximate surface area is 109 Å². The predicted molar refractivity (Wildman–Crippen MR) is 75.7 cm³/mol. The van der Waals surface area contributed by atoms with Crippen LogP contribution in [0.4, 0.5) is 0 Å². The second-order valence-electron chi connectivity index (χ2n) is 4.81. The molecule has 0 unspecified atom stereocenters. The first kappa shape index (κ1) is 12.9. The summed E-state index contributed by atoms with van der Waals surface area (Å²) >= 11 is 0. The summed E-state index contributed by atoms with van der Waals surface area (Å²) in [6, 6.07) is 6.52. The standard InChI is InChI=1S/C16H21NO/c1-5-17-10-15-14(6-7-18-15)16-12(3)8-11(2)9-13(16)4/h6-9,17H,5,10H2,1-4H3. The summed E-state index contributed by atoms with van der Waals surface area (Å²) in [5.74, 6) is 1.02. The van der Waals surface area contributed by atoms with Gasteiger partial charge in [0.1, 0.15) is 5.76 Å². The highest BCUT2D eigenvalue weighted by Gasteiger charge is 2.13. The summed E-state index contributed by atoms with van der Waals surface area (Å²) < 4.78 is 5.60. The molecule has 0 aliphatic heterocycles. The first-order chi connectivity index (χ1) is 8.63. The van der Waals surface area contributed by atoms with Crippen LogP contribution in [0.1, 0.15) is 29.4 Å². The van der Waals surface area contributed by atoms with E-state index >= 15 is 0 Å². The number of nitrogens with one attached hydrogen (secondary N) is 1. The molecule has 1 aromatic heterocycles. The van der Waals surface area contributed by atoms with E-state index in [2.05, 4.69) is 51.2 Å². The molecule has 96 valence electrons.